The largest absolute Gasteiger partial charge is 0.476 e. The van der Waals surface area contributed by atoms with Crippen LogP contribution in [0.2, 0.25) is 0 Å². The summed E-state index contributed by atoms with van der Waals surface area (Å²) in [6.07, 6.45) is 5.01. The van der Waals surface area contributed by atoms with Gasteiger partial charge in [0, 0.05) is 30.8 Å². The van der Waals surface area contributed by atoms with Crippen molar-refractivity contribution in [2.75, 3.05) is 43.8 Å². The number of nitrogens with two attached hydrogens (primary N) is 1. The Morgan fingerprint density at radius 1 is 1.08 bits per heavy atom. The number of carbonyl (C=O) groups excluding carboxylic acids is 1. The van der Waals surface area contributed by atoms with E-state index in [1.54, 1.807) is 36.4 Å². The summed E-state index contributed by atoms with van der Waals surface area (Å²) < 4.78 is 18.9. The van der Waals surface area contributed by atoms with Crippen LogP contribution in [0.25, 0.3) is 0 Å². The van der Waals surface area contributed by atoms with Gasteiger partial charge in [-0.2, -0.15) is 0 Å². The zero-order chi connectivity index (χ0) is 25.6. The van der Waals surface area contributed by atoms with Gasteiger partial charge in [0.05, 0.1) is 16.9 Å². The minimum Gasteiger partial charge on any atom is -0.476 e. The van der Waals surface area contributed by atoms with E-state index in [-0.39, 0.29) is 11.7 Å². The van der Waals surface area contributed by atoms with Crippen LogP contribution in [0, 0.1) is 11.7 Å². The number of anilines is 2. The predicted molar refractivity (Wildman–Crippen MR) is 143 cm³/mol. The summed E-state index contributed by atoms with van der Waals surface area (Å²) in [4.78, 5) is 19.1. The van der Waals surface area contributed by atoms with Gasteiger partial charge < -0.3 is 21.1 Å². The molecule has 0 bridgehead atoms. The van der Waals surface area contributed by atoms with Gasteiger partial charge in [0.1, 0.15) is 12.4 Å². The van der Waals surface area contributed by atoms with Crippen molar-refractivity contribution in [3.8, 4) is 5.88 Å². The number of nitrogen functional groups attached to an aromatic ring is 1. The second kappa shape index (κ2) is 11.7. The lowest BCUT2D eigenvalue weighted by atomic mass is 9.97. The molecule has 1 aromatic heterocycles. The first-order valence-corrected chi connectivity index (χ1v) is 13.0. The highest BCUT2D eigenvalue weighted by Gasteiger charge is 2.38. The molecule has 8 heteroatoms. The Kier molecular flexibility index (Phi) is 7.96. The summed E-state index contributed by atoms with van der Waals surface area (Å²) in [5.74, 6) is 1.29. The summed E-state index contributed by atoms with van der Waals surface area (Å²) in [6, 6.07) is 18.0. The highest BCUT2D eigenvalue weighted by Crippen LogP contribution is 2.41. The van der Waals surface area contributed by atoms with E-state index in [1.165, 1.54) is 24.6 Å². The standard InChI is InChI=1S/C29H34FN5O2/c30-23-8-5-21(6-9-23)24-17-27(24)32-18-20-11-13-35(14-12-20)15-16-37-28-10-7-22(19-33-28)29(36)34-26-4-2-1-3-25(26)31/h1-10,19-20,24,27,32H,11-18,31H2,(H,34,36). The number of nitrogens with zero attached hydrogens (tertiary/aromatic N) is 2. The summed E-state index contributed by atoms with van der Waals surface area (Å²) in [7, 11) is 0. The van der Waals surface area contributed by atoms with Crippen LogP contribution >= 0.6 is 0 Å². The maximum Gasteiger partial charge on any atom is 0.257 e. The number of likely N-dealkylation sites (tertiary alicyclic amines) is 1. The van der Waals surface area contributed by atoms with Crippen LogP contribution in [0.1, 0.15) is 41.1 Å². The van der Waals surface area contributed by atoms with Crippen LogP contribution in [-0.4, -0.2) is 54.6 Å². The molecule has 0 spiro atoms. The van der Waals surface area contributed by atoms with E-state index >= 15 is 0 Å². The smallest absolute Gasteiger partial charge is 0.257 e. The Hall–Kier alpha value is -3.49. The summed E-state index contributed by atoms with van der Waals surface area (Å²) in [5, 5.41) is 6.51. The molecule has 194 valence electrons. The molecule has 37 heavy (non-hydrogen) atoms. The molecule has 1 aliphatic heterocycles. The van der Waals surface area contributed by atoms with Crippen molar-refractivity contribution in [2.24, 2.45) is 5.92 Å². The highest BCUT2D eigenvalue weighted by molar-refractivity contribution is 6.05. The Morgan fingerprint density at radius 2 is 1.86 bits per heavy atom. The first kappa shape index (κ1) is 25.2. The van der Waals surface area contributed by atoms with E-state index in [2.05, 4.69) is 20.5 Å². The minimum atomic E-state index is -0.262. The van der Waals surface area contributed by atoms with Crippen LogP contribution in [-0.2, 0) is 0 Å². The molecular formula is C29H34FN5O2. The van der Waals surface area contributed by atoms with Crippen molar-refractivity contribution in [3.63, 3.8) is 0 Å². The fraction of sp³-hybridized carbons (Fsp3) is 0.379. The summed E-state index contributed by atoms with van der Waals surface area (Å²) in [6.45, 7) is 4.59. The molecule has 2 atom stereocenters. The SMILES string of the molecule is Nc1ccccc1NC(=O)c1ccc(OCCN2CCC(CNC3CC3c3ccc(F)cc3)CC2)nc1. The van der Waals surface area contributed by atoms with Gasteiger partial charge in [-0.25, -0.2) is 9.37 Å². The van der Waals surface area contributed by atoms with E-state index in [4.69, 9.17) is 10.5 Å². The van der Waals surface area contributed by atoms with Gasteiger partial charge >= 0.3 is 0 Å². The van der Waals surface area contributed by atoms with Gasteiger partial charge in [-0.1, -0.05) is 24.3 Å². The van der Waals surface area contributed by atoms with Crippen molar-refractivity contribution in [1.82, 2.24) is 15.2 Å². The molecule has 2 unspecified atom stereocenters. The average molecular weight is 504 g/mol. The minimum absolute atomic E-state index is 0.171. The number of ether oxygens (including phenoxy) is 1. The molecule has 0 radical (unpaired) electrons. The molecule has 2 fully saturated rings. The fourth-order valence-electron chi connectivity index (χ4n) is 4.92. The topological polar surface area (TPSA) is 92.5 Å². The van der Waals surface area contributed by atoms with E-state index < -0.39 is 0 Å². The van der Waals surface area contributed by atoms with Crippen LogP contribution in [0.3, 0.4) is 0 Å². The van der Waals surface area contributed by atoms with Gasteiger partial charge in [-0.3, -0.25) is 9.69 Å². The summed E-state index contributed by atoms with van der Waals surface area (Å²) >= 11 is 0. The maximum absolute atomic E-state index is 13.1. The molecule has 1 saturated carbocycles. The lowest BCUT2D eigenvalue weighted by Gasteiger charge is -2.32. The van der Waals surface area contributed by atoms with E-state index in [9.17, 15) is 9.18 Å². The van der Waals surface area contributed by atoms with Crippen LogP contribution < -0.4 is 21.1 Å². The Morgan fingerprint density at radius 3 is 2.59 bits per heavy atom. The molecule has 1 amide bonds. The average Bonchev–Trinajstić information content (AvgIpc) is 3.70. The number of carbonyl (C=O) groups is 1. The van der Waals surface area contributed by atoms with Crippen molar-refractivity contribution in [1.29, 1.82) is 0 Å². The molecule has 2 aliphatic rings. The van der Waals surface area contributed by atoms with Crippen LogP contribution in [0.5, 0.6) is 5.88 Å². The van der Waals surface area contributed by atoms with Crippen molar-refractivity contribution >= 4 is 17.3 Å². The van der Waals surface area contributed by atoms with Crippen molar-refractivity contribution < 1.29 is 13.9 Å². The van der Waals surface area contributed by atoms with Gasteiger partial charge in [-0.15, -0.1) is 0 Å². The second-order valence-corrected chi connectivity index (χ2v) is 9.97. The molecule has 5 rings (SSSR count). The fourth-order valence-corrected chi connectivity index (χ4v) is 4.92. The molecule has 2 heterocycles. The normalized spacial score (nSPS) is 19.9. The van der Waals surface area contributed by atoms with Gasteiger partial charge in [0.25, 0.3) is 5.91 Å². The number of rotatable bonds is 10. The Bertz CT molecular complexity index is 1180. The molecular weight excluding hydrogens is 469 g/mol. The van der Waals surface area contributed by atoms with E-state index in [0.717, 1.165) is 32.6 Å². The highest BCUT2D eigenvalue weighted by atomic mass is 19.1. The van der Waals surface area contributed by atoms with Gasteiger partial charge in [0.2, 0.25) is 5.88 Å². The van der Waals surface area contributed by atoms with E-state index in [0.29, 0.717) is 47.3 Å². The first-order chi connectivity index (χ1) is 18.0. The summed E-state index contributed by atoms with van der Waals surface area (Å²) in [5.41, 5.74) is 8.66. The Labute approximate surface area is 217 Å². The number of pyridine rings is 1. The molecule has 1 saturated heterocycles. The van der Waals surface area contributed by atoms with Gasteiger partial charge in [-0.05, 0) is 80.7 Å². The number of halogens is 1. The number of benzene rings is 2. The second-order valence-electron chi connectivity index (χ2n) is 9.97. The Balaban J connectivity index is 0.968. The monoisotopic (exact) mass is 503 g/mol. The quantitative estimate of drug-likeness (QED) is 0.358. The third-order valence-electron chi connectivity index (χ3n) is 7.33. The number of hydrogen-bond acceptors (Lipinski definition) is 6. The lowest BCUT2D eigenvalue weighted by molar-refractivity contribution is 0.102. The number of amides is 1. The van der Waals surface area contributed by atoms with Gasteiger partial charge in [0.15, 0.2) is 0 Å². The van der Waals surface area contributed by atoms with Crippen molar-refractivity contribution in [2.45, 2.75) is 31.2 Å². The third-order valence-corrected chi connectivity index (χ3v) is 7.33. The van der Waals surface area contributed by atoms with Crippen LogP contribution in [0.15, 0.2) is 66.9 Å². The van der Waals surface area contributed by atoms with Crippen LogP contribution in [0.4, 0.5) is 15.8 Å². The number of piperidine rings is 1. The number of hydrogen-bond donors (Lipinski definition) is 3. The predicted octanol–water partition coefficient (Wildman–Crippen LogP) is 4.29. The molecule has 7 nitrogen and oxygen atoms in total. The maximum atomic E-state index is 13.1. The first-order valence-electron chi connectivity index (χ1n) is 13.0. The third kappa shape index (κ3) is 6.84. The number of para-hydroxylation sites is 2. The number of aromatic nitrogens is 1. The van der Waals surface area contributed by atoms with Crippen molar-refractivity contribution in [3.05, 3.63) is 83.8 Å². The molecule has 2 aromatic carbocycles. The zero-order valence-electron chi connectivity index (χ0n) is 20.9. The lowest BCUT2D eigenvalue weighted by Crippen LogP contribution is -2.39. The molecule has 1 aliphatic carbocycles. The molecule has 3 aromatic rings. The molecule has 4 N–H and O–H groups in total. The van der Waals surface area contributed by atoms with E-state index in [1.807, 2.05) is 24.3 Å². The number of nitrogens with one attached hydrogen (secondary N) is 2. The zero-order valence-corrected chi connectivity index (χ0v) is 20.9.